The smallest absolute Gasteiger partial charge is 0.244 e. The molecule has 0 amide bonds. The fourth-order valence-electron chi connectivity index (χ4n) is 3.47. The standard InChI is InChI=1S/C21H17BrN4O/c1-11-3-4-14(9-12(11)2)19-18-17(13-5-7-15(22)8-6-13)16(10-23)20(24)27-21(18)26-25-19/h3-9,16-17,24H,1-2H3,(H,25,26). The number of nitrogens with zero attached hydrogens (tertiary/aromatic N) is 2. The van der Waals surface area contributed by atoms with E-state index in [4.69, 9.17) is 10.1 Å². The van der Waals surface area contributed by atoms with Crippen molar-refractivity contribution in [2.75, 3.05) is 0 Å². The molecule has 2 N–H and O–H groups in total. The Kier molecular flexibility index (Phi) is 4.33. The molecule has 0 spiro atoms. The lowest BCUT2D eigenvalue weighted by Crippen LogP contribution is -2.30. The lowest BCUT2D eigenvalue weighted by Gasteiger charge is -2.28. The minimum Gasteiger partial charge on any atom is -0.422 e. The number of H-pyrrole nitrogens is 1. The van der Waals surface area contributed by atoms with Gasteiger partial charge in [0.1, 0.15) is 5.92 Å². The second-order valence-electron chi connectivity index (χ2n) is 6.72. The highest BCUT2D eigenvalue weighted by Crippen LogP contribution is 2.45. The van der Waals surface area contributed by atoms with Crippen molar-refractivity contribution in [1.82, 2.24) is 10.2 Å². The van der Waals surface area contributed by atoms with Crippen LogP contribution in [-0.4, -0.2) is 16.1 Å². The van der Waals surface area contributed by atoms with Crippen molar-refractivity contribution < 1.29 is 4.74 Å². The van der Waals surface area contributed by atoms with Crippen LogP contribution >= 0.6 is 15.9 Å². The van der Waals surface area contributed by atoms with Crippen LogP contribution in [-0.2, 0) is 0 Å². The largest absolute Gasteiger partial charge is 0.422 e. The van der Waals surface area contributed by atoms with Gasteiger partial charge in [-0.1, -0.05) is 40.2 Å². The molecule has 3 aromatic rings. The molecule has 5 nitrogen and oxygen atoms in total. The van der Waals surface area contributed by atoms with Crippen molar-refractivity contribution in [3.05, 3.63) is 69.2 Å². The average Bonchev–Trinajstić information content (AvgIpc) is 3.07. The summed E-state index contributed by atoms with van der Waals surface area (Å²) in [5.41, 5.74) is 5.98. The zero-order chi connectivity index (χ0) is 19.1. The third-order valence-corrected chi connectivity index (χ3v) is 5.59. The summed E-state index contributed by atoms with van der Waals surface area (Å²) in [6.07, 6.45) is 0. The molecule has 2 unspecified atom stereocenters. The maximum Gasteiger partial charge on any atom is 0.244 e. The number of aromatic nitrogens is 2. The Balaban J connectivity index is 1.93. The molecule has 0 bridgehead atoms. The molecular formula is C21H17BrN4O. The van der Waals surface area contributed by atoms with Crippen LogP contribution in [0.1, 0.15) is 28.2 Å². The van der Waals surface area contributed by atoms with Crippen molar-refractivity contribution in [1.29, 1.82) is 10.7 Å². The number of ether oxygens (including phenoxy) is 1. The SMILES string of the molecule is Cc1ccc(-c2[nH]nc3c2C(c2ccc(Br)cc2)C(C#N)C(=N)O3)cc1C. The summed E-state index contributed by atoms with van der Waals surface area (Å²) in [6, 6.07) is 16.3. The van der Waals surface area contributed by atoms with E-state index < -0.39 is 5.92 Å². The number of benzene rings is 2. The molecule has 0 saturated carbocycles. The number of halogens is 1. The van der Waals surface area contributed by atoms with Crippen molar-refractivity contribution in [2.45, 2.75) is 19.8 Å². The minimum absolute atomic E-state index is 0.0731. The average molecular weight is 421 g/mol. The van der Waals surface area contributed by atoms with Gasteiger partial charge in [-0.05, 0) is 48.7 Å². The molecule has 1 aliphatic rings. The summed E-state index contributed by atoms with van der Waals surface area (Å²) in [5.74, 6) is -0.736. The normalized spacial score (nSPS) is 18.5. The number of fused-ring (bicyclic) bond motifs is 1. The first kappa shape index (κ1) is 17.5. The molecule has 134 valence electrons. The molecule has 0 fully saturated rings. The maximum absolute atomic E-state index is 9.74. The maximum atomic E-state index is 9.74. The first-order valence-electron chi connectivity index (χ1n) is 8.57. The van der Waals surface area contributed by atoms with Crippen molar-refractivity contribution in [2.24, 2.45) is 5.92 Å². The van der Waals surface area contributed by atoms with Gasteiger partial charge in [-0.25, -0.2) is 0 Å². The third-order valence-electron chi connectivity index (χ3n) is 5.07. The predicted octanol–water partition coefficient (Wildman–Crippen LogP) is 5.10. The van der Waals surface area contributed by atoms with Gasteiger partial charge in [0.05, 0.1) is 17.3 Å². The van der Waals surface area contributed by atoms with Gasteiger partial charge >= 0.3 is 0 Å². The van der Waals surface area contributed by atoms with Crippen molar-refractivity contribution >= 4 is 21.8 Å². The van der Waals surface area contributed by atoms with E-state index in [2.05, 4.69) is 58.2 Å². The molecule has 2 aromatic carbocycles. The highest BCUT2D eigenvalue weighted by atomic mass is 79.9. The Labute approximate surface area is 165 Å². The van der Waals surface area contributed by atoms with Crippen LogP contribution in [0.2, 0.25) is 0 Å². The Bertz CT molecular complexity index is 1080. The fourth-order valence-corrected chi connectivity index (χ4v) is 3.73. The first-order valence-corrected chi connectivity index (χ1v) is 9.36. The van der Waals surface area contributed by atoms with Gasteiger partial charge in [-0.15, -0.1) is 5.10 Å². The molecule has 27 heavy (non-hydrogen) atoms. The summed E-state index contributed by atoms with van der Waals surface area (Å²) < 4.78 is 6.54. The summed E-state index contributed by atoms with van der Waals surface area (Å²) in [4.78, 5) is 0. The molecular weight excluding hydrogens is 404 g/mol. The van der Waals surface area contributed by atoms with Crippen LogP contribution in [0.25, 0.3) is 11.3 Å². The molecule has 1 aliphatic heterocycles. The Morgan fingerprint density at radius 3 is 2.56 bits per heavy atom. The Morgan fingerprint density at radius 2 is 1.89 bits per heavy atom. The van der Waals surface area contributed by atoms with E-state index in [1.54, 1.807) is 0 Å². The number of hydrogen-bond acceptors (Lipinski definition) is 4. The van der Waals surface area contributed by atoms with E-state index in [0.29, 0.717) is 5.88 Å². The van der Waals surface area contributed by atoms with Crippen LogP contribution in [0.5, 0.6) is 5.88 Å². The van der Waals surface area contributed by atoms with Gasteiger partial charge in [0, 0.05) is 16.0 Å². The van der Waals surface area contributed by atoms with Gasteiger partial charge in [0.15, 0.2) is 0 Å². The minimum atomic E-state index is -0.707. The van der Waals surface area contributed by atoms with Crippen LogP contribution in [0, 0.1) is 36.5 Å². The van der Waals surface area contributed by atoms with E-state index in [1.165, 1.54) is 11.1 Å². The van der Waals surface area contributed by atoms with Gasteiger partial charge < -0.3 is 4.74 Å². The van der Waals surface area contributed by atoms with E-state index >= 15 is 0 Å². The molecule has 1 aromatic heterocycles. The lowest BCUT2D eigenvalue weighted by molar-refractivity contribution is 0.437. The van der Waals surface area contributed by atoms with E-state index in [0.717, 1.165) is 26.9 Å². The molecule has 2 heterocycles. The lowest BCUT2D eigenvalue weighted by atomic mass is 9.79. The topological polar surface area (TPSA) is 85.5 Å². The molecule has 6 heteroatoms. The first-order chi connectivity index (χ1) is 13.0. The fraction of sp³-hybridized carbons (Fsp3) is 0.190. The van der Waals surface area contributed by atoms with E-state index in [-0.39, 0.29) is 11.8 Å². The van der Waals surface area contributed by atoms with Gasteiger partial charge in [-0.2, -0.15) is 5.26 Å². The molecule has 2 atom stereocenters. The third kappa shape index (κ3) is 2.94. The predicted molar refractivity (Wildman–Crippen MR) is 107 cm³/mol. The second kappa shape index (κ2) is 6.67. The molecule has 0 saturated heterocycles. The second-order valence-corrected chi connectivity index (χ2v) is 7.63. The number of aromatic amines is 1. The van der Waals surface area contributed by atoms with Gasteiger partial charge in [0.25, 0.3) is 0 Å². The van der Waals surface area contributed by atoms with Crippen LogP contribution in [0.4, 0.5) is 0 Å². The number of nitrogens with one attached hydrogen (secondary N) is 2. The Hall–Kier alpha value is -2.91. The van der Waals surface area contributed by atoms with Crippen molar-refractivity contribution in [3.8, 4) is 23.2 Å². The van der Waals surface area contributed by atoms with Crippen molar-refractivity contribution in [3.63, 3.8) is 0 Å². The number of nitriles is 1. The van der Waals surface area contributed by atoms with Crippen LogP contribution in [0.15, 0.2) is 46.9 Å². The number of rotatable bonds is 2. The zero-order valence-corrected chi connectivity index (χ0v) is 16.5. The summed E-state index contributed by atoms with van der Waals surface area (Å²) >= 11 is 3.45. The van der Waals surface area contributed by atoms with Crippen LogP contribution in [0.3, 0.4) is 0 Å². The monoisotopic (exact) mass is 420 g/mol. The van der Waals surface area contributed by atoms with E-state index in [1.807, 2.05) is 30.3 Å². The highest BCUT2D eigenvalue weighted by Gasteiger charge is 2.40. The summed E-state index contributed by atoms with van der Waals surface area (Å²) in [6.45, 7) is 4.14. The van der Waals surface area contributed by atoms with Gasteiger partial charge in [0.2, 0.25) is 11.8 Å². The molecule has 4 rings (SSSR count). The summed E-state index contributed by atoms with van der Waals surface area (Å²) in [5, 5.41) is 25.3. The molecule has 0 aliphatic carbocycles. The zero-order valence-electron chi connectivity index (χ0n) is 14.9. The van der Waals surface area contributed by atoms with Crippen LogP contribution < -0.4 is 4.74 Å². The summed E-state index contributed by atoms with van der Waals surface area (Å²) in [7, 11) is 0. The number of aryl methyl sites for hydroxylation is 2. The van der Waals surface area contributed by atoms with E-state index in [9.17, 15) is 5.26 Å². The highest BCUT2D eigenvalue weighted by molar-refractivity contribution is 9.10. The van der Waals surface area contributed by atoms with Gasteiger partial charge in [-0.3, -0.25) is 10.5 Å². The Morgan fingerprint density at radius 1 is 1.15 bits per heavy atom. The number of hydrogen-bond donors (Lipinski definition) is 2. The quantitative estimate of drug-likeness (QED) is 0.604. The molecule has 0 radical (unpaired) electrons.